The molecule has 3 nitrogen and oxygen atoms in total. The van der Waals surface area contributed by atoms with Gasteiger partial charge in [-0.2, -0.15) is 0 Å². The van der Waals surface area contributed by atoms with Crippen molar-refractivity contribution in [3.8, 4) is 5.75 Å². The standard InChI is InChI=1S/C17H28N2O/c1-13(2)20-16-9-6-8-14(11-16)17-15(12-18)7-4-5-10-19(17)3/h6,8-9,11,13,15,17H,4-5,7,10,12,18H2,1-3H3. The number of nitrogens with two attached hydrogens (primary N) is 1. The van der Waals surface area contributed by atoms with E-state index < -0.39 is 0 Å². The van der Waals surface area contributed by atoms with Crippen molar-refractivity contribution in [1.82, 2.24) is 4.90 Å². The molecule has 0 saturated carbocycles. The van der Waals surface area contributed by atoms with Gasteiger partial charge in [0.1, 0.15) is 5.75 Å². The molecule has 0 aromatic heterocycles. The maximum absolute atomic E-state index is 6.02. The third-order valence-electron chi connectivity index (χ3n) is 4.13. The molecular weight excluding hydrogens is 248 g/mol. The van der Waals surface area contributed by atoms with Gasteiger partial charge in [0.2, 0.25) is 0 Å². The van der Waals surface area contributed by atoms with Crippen LogP contribution in [0.1, 0.15) is 44.7 Å². The Morgan fingerprint density at radius 2 is 2.15 bits per heavy atom. The van der Waals surface area contributed by atoms with Crippen molar-refractivity contribution >= 4 is 0 Å². The number of ether oxygens (including phenoxy) is 1. The summed E-state index contributed by atoms with van der Waals surface area (Å²) >= 11 is 0. The number of benzene rings is 1. The molecule has 2 rings (SSSR count). The molecule has 1 fully saturated rings. The Morgan fingerprint density at radius 1 is 1.35 bits per heavy atom. The van der Waals surface area contributed by atoms with Gasteiger partial charge in [0.15, 0.2) is 0 Å². The predicted molar refractivity (Wildman–Crippen MR) is 84.0 cm³/mol. The molecule has 2 N–H and O–H groups in total. The molecule has 20 heavy (non-hydrogen) atoms. The predicted octanol–water partition coefficient (Wildman–Crippen LogP) is 3.21. The van der Waals surface area contributed by atoms with E-state index in [0.717, 1.165) is 18.8 Å². The van der Waals surface area contributed by atoms with Crippen LogP contribution in [0.3, 0.4) is 0 Å². The molecule has 0 amide bonds. The summed E-state index contributed by atoms with van der Waals surface area (Å²) in [5, 5.41) is 0. The van der Waals surface area contributed by atoms with Crippen molar-refractivity contribution in [2.75, 3.05) is 20.1 Å². The molecule has 112 valence electrons. The minimum Gasteiger partial charge on any atom is -0.491 e. The normalized spacial score (nSPS) is 24.6. The number of rotatable bonds is 4. The third kappa shape index (κ3) is 3.74. The second-order valence-electron chi connectivity index (χ2n) is 6.16. The zero-order valence-electron chi connectivity index (χ0n) is 13.0. The number of likely N-dealkylation sites (tertiary alicyclic amines) is 1. The zero-order valence-corrected chi connectivity index (χ0v) is 13.0. The van der Waals surface area contributed by atoms with Gasteiger partial charge >= 0.3 is 0 Å². The van der Waals surface area contributed by atoms with Gasteiger partial charge in [-0.25, -0.2) is 0 Å². The number of hydrogen-bond donors (Lipinski definition) is 1. The van der Waals surface area contributed by atoms with Gasteiger partial charge in [0.05, 0.1) is 6.10 Å². The van der Waals surface area contributed by atoms with E-state index in [1.807, 2.05) is 6.07 Å². The summed E-state index contributed by atoms with van der Waals surface area (Å²) in [6.07, 6.45) is 3.99. The molecule has 1 aromatic rings. The SMILES string of the molecule is CC(C)Oc1cccc(C2C(CN)CCCCN2C)c1. The van der Waals surface area contributed by atoms with E-state index in [1.54, 1.807) is 0 Å². The Balaban J connectivity index is 2.26. The highest BCUT2D eigenvalue weighted by Gasteiger charge is 2.28. The molecule has 0 spiro atoms. The van der Waals surface area contributed by atoms with Crippen LogP contribution in [0.15, 0.2) is 24.3 Å². The largest absolute Gasteiger partial charge is 0.491 e. The Morgan fingerprint density at radius 3 is 2.85 bits per heavy atom. The minimum absolute atomic E-state index is 0.211. The first kappa shape index (κ1) is 15.3. The van der Waals surface area contributed by atoms with E-state index in [1.165, 1.54) is 24.8 Å². The second-order valence-corrected chi connectivity index (χ2v) is 6.16. The highest BCUT2D eigenvalue weighted by Crippen LogP contribution is 2.34. The second kappa shape index (κ2) is 7.09. The van der Waals surface area contributed by atoms with Crippen LogP contribution in [0.25, 0.3) is 0 Å². The summed E-state index contributed by atoms with van der Waals surface area (Å²) in [6, 6.07) is 8.95. The van der Waals surface area contributed by atoms with Crippen LogP contribution in [0.4, 0.5) is 0 Å². The van der Waals surface area contributed by atoms with Crippen molar-refractivity contribution < 1.29 is 4.74 Å². The summed E-state index contributed by atoms with van der Waals surface area (Å²) < 4.78 is 5.83. The molecule has 1 heterocycles. The molecule has 0 bridgehead atoms. The summed E-state index contributed by atoms with van der Waals surface area (Å²) in [5.74, 6) is 1.50. The highest BCUT2D eigenvalue weighted by atomic mass is 16.5. The van der Waals surface area contributed by atoms with Crippen LogP contribution in [-0.4, -0.2) is 31.1 Å². The van der Waals surface area contributed by atoms with Gasteiger partial charge in [-0.15, -0.1) is 0 Å². The molecule has 2 unspecified atom stereocenters. The van der Waals surface area contributed by atoms with Gasteiger partial charge in [-0.1, -0.05) is 18.6 Å². The van der Waals surface area contributed by atoms with Crippen LogP contribution in [0, 0.1) is 5.92 Å². The fourth-order valence-corrected chi connectivity index (χ4v) is 3.24. The highest BCUT2D eigenvalue weighted by molar-refractivity contribution is 5.31. The molecule has 3 heteroatoms. The molecule has 0 radical (unpaired) electrons. The zero-order chi connectivity index (χ0) is 14.5. The van der Waals surface area contributed by atoms with Crippen molar-refractivity contribution in [2.45, 2.75) is 45.3 Å². The topological polar surface area (TPSA) is 38.5 Å². The molecule has 1 aromatic carbocycles. The maximum atomic E-state index is 6.02. The van der Waals surface area contributed by atoms with E-state index in [9.17, 15) is 0 Å². The lowest BCUT2D eigenvalue weighted by Crippen LogP contribution is -2.33. The average molecular weight is 276 g/mol. The summed E-state index contributed by atoms with van der Waals surface area (Å²) in [6.45, 7) is 6.03. The van der Waals surface area contributed by atoms with E-state index in [0.29, 0.717) is 12.0 Å². The Labute approximate surface area is 123 Å². The van der Waals surface area contributed by atoms with Crippen LogP contribution < -0.4 is 10.5 Å². The van der Waals surface area contributed by atoms with E-state index in [2.05, 4.69) is 44.0 Å². The van der Waals surface area contributed by atoms with Gasteiger partial charge in [0, 0.05) is 6.04 Å². The first-order valence-electron chi connectivity index (χ1n) is 7.78. The fourth-order valence-electron chi connectivity index (χ4n) is 3.24. The average Bonchev–Trinajstić information content (AvgIpc) is 2.59. The summed E-state index contributed by atoms with van der Waals surface area (Å²) in [7, 11) is 2.22. The smallest absolute Gasteiger partial charge is 0.120 e. The molecular formula is C17H28N2O. The van der Waals surface area contributed by atoms with Crippen molar-refractivity contribution in [1.29, 1.82) is 0 Å². The van der Waals surface area contributed by atoms with Gasteiger partial charge in [-0.05, 0) is 70.4 Å². The Hall–Kier alpha value is -1.06. The lowest BCUT2D eigenvalue weighted by molar-refractivity contribution is 0.194. The minimum atomic E-state index is 0.211. The first-order valence-corrected chi connectivity index (χ1v) is 7.78. The van der Waals surface area contributed by atoms with Crippen molar-refractivity contribution in [3.05, 3.63) is 29.8 Å². The van der Waals surface area contributed by atoms with E-state index in [-0.39, 0.29) is 6.10 Å². The molecule has 0 aliphatic carbocycles. The van der Waals surface area contributed by atoms with Crippen LogP contribution in [0.5, 0.6) is 5.75 Å². The maximum Gasteiger partial charge on any atom is 0.120 e. The van der Waals surface area contributed by atoms with Crippen LogP contribution in [0.2, 0.25) is 0 Å². The lowest BCUT2D eigenvalue weighted by Gasteiger charge is -2.32. The molecule has 2 atom stereocenters. The molecule has 1 saturated heterocycles. The Bertz CT molecular complexity index is 419. The monoisotopic (exact) mass is 276 g/mol. The number of nitrogens with zero attached hydrogens (tertiary/aromatic N) is 1. The van der Waals surface area contributed by atoms with Gasteiger partial charge < -0.3 is 10.5 Å². The van der Waals surface area contributed by atoms with Crippen LogP contribution >= 0.6 is 0 Å². The first-order chi connectivity index (χ1) is 9.61. The summed E-state index contributed by atoms with van der Waals surface area (Å²) in [5.41, 5.74) is 7.36. The quantitative estimate of drug-likeness (QED) is 0.917. The number of hydrogen-bond acceptors (Lipinski definition) is 3. The van der Waals surface area contributed by atoms with Crippen LogP contribution in [-0.2, 0) is 0 Å². The summed E-state index contributed by atoms with van der Waals surface area (Å²) in [4.78, 5) is 2.46. The fraction of sp³-hybridized carbons (Fsp3) is 0.647. The molecule has 1 aliphatic rings. The molecule has 1 aliphatic heterocycles. The van der Waals surface area contributed by atoms with Gasteiger partial charge in [-0.3, -0.25) is 4.90 Å². The third-order valence-corrected chi connectivity index (χ3v) is 4.13. The van der Waals surface area contributed by atoms with E-state index >= 15 is 0 Å². The Kier molecular flexibility index (Phi) is 5.44. The van der Waals surface area contributed by atoms with Crippen molar-refractivity contribution in [3.63, 3.8) is 0 Å². The van der Waals surface area contributed by atoms with E-state index in [4.69, 9.17) is 10.5 Å². The lowest BCUT2D eigenvalue weighted by atomic mass is 9.89. The van der Waals surface area contributed by atoms with Crippen molar-refractivity contribution in [2.24, 2.45) is 11.7 Å². The van der Waals surface area contributed by atoms with Gasteiger partial charge in [0.25, 0.3) is 0 Å².